The van der Waals surface area contributed by atoms with Gasteiger partial charge in [0.05, 0.1) is 0 Å². The second kappa shape index (κ2) is 5.51. The number of primary amides is 1. The van der Waals surface area contributed by atoms with Gasteiger partial charge in [-0.15, -0.1) is 0 Å². The maximum atomic E-state index is 12.8. The fraction of sp³-hybridized carbons (Fsp3) is 0.417. The fourth-order valence-electron chi connectivity index (χ4n) is 1.90. The van der Waals surface area contributed by atoms with Crippen LogP contribution in [0, 0.1) is 5.82 Å². The monoisotopic (exact) mass is 254 g/mol. The SMILES string of the molecule is NC(=O)[C@@H](N[C@@H]1CCSC1)c1ccc(F)cc1. The lowest BCUT2D eigenvalue weighted by molar-refractivity contribution is -0.120. The van der Waals surface area contributed by atoms with Gasteiger partial charge >= 0.3 is 0 Å². The lowest BCUT2D eigenvalue weighted by atomic mass is 10.0. The maximum Gasteiger partial charge on any atom is 0.239 e. The predicted octanol–water partition coefficient (Wildman–Crippen LogP) is 1.45. The summed E-state index contributed by atoms with van der Waals surface area (Å²) < 4.78 is 12.8. The van der Waals surface area contributed by atoms with Gasteiger partial charge in [-0.05, 0) is 29.9 Å². The average Bonchev–Trinajstić information content (AvgIpc) is 2.80. The highest BCUT2D eigenvalue weighted by Crippen LogP contribution is 2.21. The van der Waals surface area contributed by atoms with Crippen LogP contribution in [0.3, 0.4) is 0 Å². The van der Waals surface area contributed by atoms with Gasteiger partial charge in [0.2, 0.25) is 5.91 Å². The van der Waals surface area contributed by atoms with Crippen molar-refractivity contribution < 1.29 is 9.18 Å². The Morgan fingerprint density at radius 2 is 2.18 bits per heavy atom. The van der Waals surface area contributed by atoms with Gasteiger partial charge in [0.25, 0.3) is 0 Å². The molecular weight excluding hydrogens is 239 g/mol. The molecule has 1 saturated heterocycles. The van der Waals surface area contributed by atoms with Gasteiger partial charge < -0.3 is 5.73 Å². The molecule has 5 heteroatoms. The standard InChI is InChI=1S/C12H15FN2OS/c13-9-3-1-8(2-4-9)11(12(14)16)15-10-5-6-17-7-10/h1-4,10-11,15H,5-7H2,(H2,14,16)/t10-,11+/m1/s1. The average molecular weight is 254 g/mol. The number of thioether (sulfide) groups is 1. The van der Waals surface area contributed by atoms with E-state index in [1.54, 1.807) is 12.1 Å². The van der Waals surface area contributed by atoms with Gasteiger partial charge in [-0.2, -0.15) is 11.8 Å². The van der Waals surface area contributed by atoms with Crippen LogP contribution in [0.15, 0.2) is 24.3 Å². The first-order valence-corrected chi connectivity index (χ1v) is 6.71. The minimum absolute atomic E-state index is 0.308. The van der Waals surface area contributed by atoms with E-state index in [9.17, 15) is 9.18 Å². The molecule has 1 amide bonds. The van der Waals surface area contributed by atoms with Crippen molar-refractivity contribution in [2.45, 2.75) is 18.5 Å². The topological polar surface area (TPSA) is 55.1 Å². The van der Waals surface area contributed by atoms with E-state index in [1.165, 1.54) is 12.1 Å². The van der Waals surface area contributed by atoms with Crippen LogP contribution < -0.4 is 11.1 Å². The fourth-order valence-corrected chi connectivity index (χ4v) is 3.06. The molecule has 0 aliphatic carbocycles. The zero-order chi connectivity index (χ0) is 12.3. The molecule has 2 atom stereocenters. The van der Waals surface area contributed by atoms with E-state index in [4.69, 9.17) is 5.73 Å². The third-order valence-corrected chi connectivity index (χ3v) is 3.98. The largest absolute Gasteiger partial charge is 0.368 e. The molecule has 92 valence electrons. The number of rotatable bonds is 4. The van der Waals surface area contributed by atoms with E-state index < -0.39 is 11.9 Å². The minimum Gasteiger partial charge on any atom is -0.368 e. The molecule has 3 nitrogen and oxygen atoms in total. The Morgan fingerprint density at radius 3 is 2.71 bits per heavy atom. The molecule has 0 saturated carbocycles. The normalized spacial score (nSPS) is 21.4. The highest BCUT2D eigenvalue weighted by molar-refractivity contribution is 7.99. The Morgan fingerprint density at radius 1 is 1.47 bits per heavy atom. The first-order chi connectivity index (χ1) is 8.16. The number of amides is 1. The number of nitrogens with two attached hydrogens (primary N) is 1. The maximum absolute atomic E-state index is 12.8. The Hall–Kier alpha value is -1.07. The quantitative estimate of drug-likeness (QED) is 0.855. The van der Waals surface area contributed by atoms with E-state index in [0.29, 0.717) is 6.04 Å². The summed E-state index contributed by atoms with van der Waals surface area (Å²) in [5, 5.41) is 3.23. The molecule has 1 aliphatic rings. The summed E-state index contributed by atoms with van der Waals surface area (Å²) >= 11 is 1.86. The Balaban J connectivity index is 2.10. The second-order valence-corrected chi connectivity index (χ2v) is 5.26. The zero-order valence-electron chi connectivity index (χ0n) is 9.36. The van der Waals surface area contributed by atoms with Gasteiger partial charge in [0.1, 0.15) is 11.9 Å². The molecule has 2 rings (SSSR count). The third kappa shape index (κ3) is 3.20. The molecule has 3 N–H and O–H groups in total. The number of hydrogen-bond acceptors (Lipinski definition) is 3. The van der Waals surface area contributed by atoms with Crippen LogP contribution in [0.4, 0.5) is 4.39 Å². The zero-order valence-corrected chi connectivity index (χ0v) is 10.2. The van der Waals surface area contributed by atoms with Crippen molar-refractivity contribution in [2.24, 2.45) is 5.73 Å². The number of nitrogens with one attached hydrogen (secondary N) is 1. The third-order valence-electron chi connectivity index (χ3n) is 2.82. The Kier molecular flexibility index (Phi) is 4.02. The van der Waals surface area contributed by atoms with E-state index >= 15 is 0 Å². The predicted molar refractivity (Wildman–Crippen MR) is 67.2 cm³/mol. The number of carbonyl (C=O) groups is 1. The molecule has 1 fully saturated rings. The van der Waals surface area contributed by atoms with Crippen LogP contribution in [0.2, 0.25) is 0 Å². The molecule has 1 aromatic carbocycles. The van der Waals surface area contributed by atoms with Gasteiger partial charge in [-0.25, -0.2) is 4.39 Å². The number of benzene rings is 1. The van der Waals surface area contributed by atoms with Crippen molar-refractivity contribution >= 4 is 17.7 Å². The van der Waals surface area contributed by atoms with Crippen LogP contribution in [0.25, 0.3) is 0 Å². The van der Waals surface area contributed by atoms with Gasteiger partial charge in [-0.3, -0.25) is 10.1 Å². The van der Waals surface area contributed by atoms with Gasteiger partial charge in [-0.1, -0.05) is 12.1 Å². The van der Waals surface area contributed by atoms with Gasteiger partial charge in [0.15, 0.2) is 0 Å². The highest BCUT2D eigenvalue weighted by atomic mass is 32.2. The van der Waals surface area contributed by atoms with Crippen molar-refractivity contribution in [3.63, 3.8) is 0 Å². The molecule has 1 aromatic rings. The number of carbonyl (C=O) groups excluding carboxylic acids is 1. The van der Waals surface area contributed by atoms with E-state index in [2.05, 4.69) is 5.32 Å². The van der Waals surface area contributed by atoms with Crippen molar-refractivity contribution in [1.29, 1.82) is 0 Å². The number of hydrogen-bond donors (Lipinski definition) is 2. The first-order valence-electron chi connectivity index (χ1n) is 5.55. The van der Waals surface area contributed by atoms with E-state index in [0.717, 1.165) is 23.5 Å². The van der Waals surface area contributed by atoms with E-state index in [-0.39, 0.29) is 5.82 Å². The molecule has 0 bridgehead atoms. The summed E-state index contributed by atoms with van der Waals surface area (Å²) in [5.41, 5.74) is 6.10. The second-order valence-electron chi connectivity index (χ2n) is 4.11. The minimum atomic E-state index is -0.528. The van der Waals surface area contributed by atoms with Crippen LogP contribution in [-0.2, 0) is 4.79 Å². The molecule has 1 heterocycles. The first kappa shape index (κ1) is 12.4. The lowest BCUT2D eigenvalue weighted by Crippen LogP contribution is -2.40. The Labute approximate surface area is 104 Å². The molecule has 1 aliphatic heterocycles. The van der Waals surface area contributed by atoms with E-state index in [1.807, 2.05) is 11.8 Å². The van der Waals surface area contributed by atoms with Crippen molar-refractivity contribution in [2.75, 3.05) is 11.5 Å². The molecule has 17 heavy (non-hydrogen) atoms. The van der Waals surface area contributed by atoms with Crippen molar-refractivity contribution in [1.82, 2.24) is 5.32 Å². The van der Waals surface area contributed by atoms with Crippen LogP contribution in [0.5, 0.6) is 0 Å². The summed E-state index contributed by atoms with van der Waals surface area (Å²) in [6.07, 6.45) is 1.04. The van der Waals surface area contributed by atoms with Gasteiger partial charge in [0, 0.05) is 11.8 Å². The summed E-state index contributed by atoms with van der Waals surface area (Å²) in [7, 11) is 0. The highest BCUT2D eigenvalue weighted by Gasteiger charge is 2.24. The summed E-state index contributed by atoms with van der Waals surface area (Å²) in [5.74, 6) is 1.36. The summed E-state index contributed by atoms with van der Waals surface area (Å²) in [6.45, 7) is 0. The summed E-state index contributed by atoms with van der Waals surface area (Å²) in [6, 6.07) is 5.66. The smallest absolute Gasteiger partial charge is 0.239 e. The Bertz CT molecular complexity index is 390. The molecule has 0 aromatic heterocycles. The van der Waals surface area contributed by atoms with Crippen LogP contribution in [-0.4, -0.2) is 23.5 Å². The molecule has 0 unspecified atom stereocenters. The van der Waals surface area contributed by atoms with Crippen LogP contribution in [0.1, 0.15) is 18.0 Å². The molecular formula is C12H15FN2OS. The molecule has 0 spiro atoms. The lowest BCUT2D eigenvalue weighted by Gasteiger charge is -2.20. The van der Waals surface area contributed by atoms with Crippen molar-refractivity contribution in [3.05, 3.63) is 35.6 Å². The summed E-state index contributed by atoms with van der Waals surface area (Å²) in [4.78, 5) is 11.4. The molecule has 0 radical (unpaired) electrons. The van der Waals surface area contributed by atoms with Crippen molar-refractivity contribution in [3.8, 4) is 0 Å². The van der Waals surface area contributed by atoms with Crippen LogP contribution >= 0.6 is 11.8 Å². The number of halogens is 1.